The first-order valence-electron chi connectivity index (χ1n) is 9.97. The number of urea groups is 1. The molecule has 2 amide bonds. The number of nitrogens with zero attached hydrogens (tertiary/aromatic N) is 2. The van der Waals surface area contributed by atoms with E-state index in [2.05, 4.69) is 5.32 Å². The summed E-state index contributed by atoms with van der Waals surface area (Å²) in [6, 6.07) is 8.09. The molecule has 0 saturated carbocycles. The van der Waals surface area contributed by atoms with Gasteiger partial charge in [0.2, 0.25) is 10.0 Å². The molecule has 1 atom stereocenters. The highest BCUT2D eigenvalue weighted by atomic mass is 32.2. The van der Waals surface area contributed by atoms with Gasteiger partial charge in [-0.05, 0) is 55.3 Å². The largest absolute Gasteiger partial charge is 0.416 e. The van der Waals surface area contributed by atoms with Gasteiger partial charge in [0.1, 0.15) is 5.82 Å². The topological polar surface area (TPSA) is 69.7 Å². The van der Waals surface area contributed by atoms with Crippen molar-refractivity contribution in [2.75, 3.05) is 26.2 Å². The summed E-state index contributed by atoms with van der Waals surface area (Å²) in [6.45, 7) is 2.21. The van der Waals surface area contributed by atoms with Crippen molar-refractivity contribution in [3.8, 4) is 0 Å². The van der Waals surface area contributed by atoms with E-state index in [1.165, 1.54) is 33.5 Å². The van der Waals surface area contributed by atoms with E-state index in [4.69, 9.17) is 0 Å². The number of nitrogens with one attached hydrogen (secondary N) is 1. The molecule has 1 aliphatic heterocycles. The van der Waals surface area contributed by atoms with Crippen molar-refractivity contribution in [3.05, 3.63) is 65.5 Å². The van der Waals surface area contributed by atoms with E-state index >= 15 is 0 Å². The average Bonchev–Trinajstić information content (AvgIpc) is 3.00. The molecule has 1 saturated heterocycles. The van der Waals surface area contributed by atoms with E-state index in [-0.39, 0.29) is 31.1 Å². The molecule has 174 valence electrons. The second-order valence-electron chi connectivity index (χ2n) is 7.49. The van der Waals surface area contributed by atoms with Crippen molar-refractivity contribution in [2.24, 2.45) is 0 Å². The fraction of sp³-hybridized carbons (Fsp3) is 0.381. The van der Waals surface area contributed by atoms with Crippen LogP contribution in [0.2, 0.25) is 0 Å². The Labute approximate surface area is 183 Å². The maximum absolute atomic E-state index is 13.1. The number of carbonyl (C=O) groups excluding carboxylic acids is 1. The van der Waals surface area contributed by atoms with Crippen LogP contribution >= 0.6 is 0 Å². The summed E-state index contributed by atoms with van der Waals surface area (Å²) in [5, 5.41) is 2.67. The van der Waals surface area contributed by atoms with Gasteiger partial charge < -0.3 is 10.2 Å². The summed E-state index contributed by atoms with van der Waals surface area (Å²) in [5.41, 5.74) is -0.490. The van der Waals surface area contributed by atoms with Crippen molar-refractivity contribution in [2.45, 2.75) is 30.5 Å². The van der Waals surface area contributed by atoms with E-state index in [1.54, 1.807) is 6.92 Å². The van der Waals surface area contributed by atoms with Gasteiger partial charge in [-0.25, -0.2) is 17.6 Å². The molecule has 2 aromatic rings. The maximum atomic E-state index is 13.1. The fourth-order valence-corrected chi connectivity index (χ4v) is 4.91. The molecule has 0 bridgehead atoms. The van der Waals surface area contributed by atoms with Crippen molar-refractivity contribution >= 4 is 16.1 Å². The zero-order valence-corrected chi connectivity index (χ0v) is 18.1. The molecule has 1 aliphatic rings. The van der Waals surface area contributed by atoms with Gasteiger partial charge in [-0.2, -0.15) is 17.5 Å². The van der Waals surface area contributed by atoms with Crippen molar-refractivity contribution in [1.82, 2.24) is 14.5 Å². The lowest BCUT2D eigenvalue weighted by atomic mass is 10.1. The van der Waals surface area contributed by atoms with Gasteiger partial charge in [0.05, 0.1) is 16.5 Å². The zero-order chi connectivity index (χ0) is 23.5. The Morgan fingerprint density at radius 1 is 1.03 bits per heavy atom. The van der Waals surface area contributed by atoms with Crippen LogP contribution in [0.15, 0.2) is 53.4 Å². The number of carbonyl (C=O) groups is 1. The Morgan fingerprint density at radius 3 is 2.38 bits per heavy atom. The van der Waals surface area contributed by atoms with Crippen molar-refractivity contribution < 1.29 is 30.8 Å². The van der Waals surface area contributed by atoms with Crippen LogP contribution in [0.25, 0.3) is 0 Å². The van der Waals surface area contributed by atoms with Gasteiger partial charge in [0, 0.05) is 26.2 Å². The number of hydrogen-bond donors (Lipinski definition) is 1. The van der Waals surface area contributed by atoms with Gasteiger partial charge in [-0.3, -0.25) is 0 Å². The summed E-state index contributed by atoms with van der Waals surface area (Å²) in [7, 11) is -3.83. The summed E-state index contributed by atoms with van der Waals surface area (Å²) in [4.78, 5) is 14.1. The van der Waals surface area contributed by atoms with E-state index in [9.17, 15) is 30.8 Å². The highest BCUT2D eigenvalue weighted by Crippen LogP contribution is 2.30. The first-order chi connectivity index (χ1) is 15.0. The van der Waals surface area contributed by atoms with Gasteiger partial charge in [0.15, 0.2) is 0 Å². The van der Waals surface area contributed by atoms with Crippen LogP contribution in [0.4, 0.5) is 22.4 Å². The van der Waals surface area contributed by atoms with Crippen LogP contribution in [-0.4, -0.2) is 49.8 Å². The minimum absolute atomic E-state index is 0.0324. The molecule has 1 N–H and O–H groups in total. The van der Waals surface area contributed by atoms with E-state index in [1.807, 2.05) is 0 Å². The molecule has 0 radical (unpaired) electrons. The molecule has 32 heavy (non-hydrogen) atoms. The lowest BCUT2D eigenvalue weighted by molar-refractivity contribution is -0.137. The second kappa shape index (κ2) is 9.45. The first-order valence-corrected chi connectivity index (χ1v) is 11.4. The van der Waals surface area contributed by atoms with Crippen LogP contribution in [0.3, 0.4) is 0 Å². The zero-order valence-electron chi connectivity index (χ0n) is 17.3. The van der Waals surface area contributed by atoms with Crippen LogP contribution in [0.5, 0.6) is 0 Å². The normalized spacial score (nSPS) is 17.0. The third kappa shape index (κ3) is 5.57. The van der Waals surface area contributed by atoms with Crippen LogP contribution in [0, 0.1) is 5.82 Å². The molecule has 0 aliphatic carbocycles. The fourth-order valence-electron chi connectivity index (χ4n) is 3.44. The maximum Gasteiger partial charge on any atom is 0.416 e. The monoisotopic (exact) mass is 473 g/mol. The van der Waals surface area contributed by atoms with E-state index in [0.29, 0.717) is 12.0 Å². The van der Waals surface area contributed by atoms with E-state index < -0.39 is 39.7 Å². The predicted octanol–water partition coefficient (Wildman–Crippen LogP) is 4.01. The van der Waals surface area contributed by atoms with Crippen molar-refractivity contribution in [3.63, 3.8) is 0 Å². The third-order valence-electron chi connectivity index (χ3n) is 5.25. The van der Waals surface area contributed by atoms with E-state index in [0.717, 1.165) is 24.3 Å². The number of benzene rings is 2. The molecule has 3 rings (SSSR count). The molecular formula is C21H23F4N3O3S. The molecule has 11 heteroatoms. The number of sulfonamides is 1. The lowest BCUT2D eigenvalue weighted by Gasteiger charge is -2.24. The molecule has 1 fully saturated rings. The molecule has 0 aromatic heterocycles. The minimum Gasteiger partial charge on any atom is -0.331 e. The Kier molecular flexibility index (Phi) is 7.09. The quantitative estimate of drug-likeness (QED) is 0.683. The summed E-state index contributed by atoms with van der Waals surface area (Å²) < 4.78 is 78.8. The first kappa shape index (κ1) is 24.0. The van der Waals surface area contributed by atoms with Gasteiger partial charge >= 0.3 is 12.2 Å². The summed E-state index contributed by atoms with van der Waals surface area (Å²) in [6.07, 6.45) is -4.10. The smallest absolute Gasteiger partial charge is 0.331 e. The molecule has 1 unspecified atom stereocenters. The van der Waals surface area contributed by atoms with Crippen LogP contribution in [0.1, 0.15) is 30.5 Å². The molecule has 2 aromatic carbocycles. The second-order valence-corrected chi connectivity index (χ2v) is 9.43. The molecular weight excluding hydrogens is 450 g/mol. The Balaban J connectivity index is 1.64. The summed E-state index contributed by atoms with van der Waals surface area (Å²) in [5.74, 6) is -0.544. The highest BCUT2D eigenvalue weighted by Gasteiger charge is 2.31. The summed E-state index contributed by atoms with van der Waals surface area (Å²) >= 11 is 0. The minimum atomic E-state index is -4.48. The van der Waals surface area contributed by atoms with Crippen molar-refractivity contribution in [1.29, 1.82) is 0 Å². The number of halogens is 4. The molecule has 1 heterocycles. The Hall–Kier alpha value is -2.66. The van der Waals surface area contributed by atoms with Gasteiger partial charge in [0.25, 0.3) is 0 Å². The van der Waals surface area contributed by atoms with Crippen LogP contribution < -0.4 is 5.32 Å². The number of amides is 2. The standard InChI is InChI=1S/C21H23F4N3O3S/c1-15(16-4-2-5-17(14-16)21(23,24)25)26-20(29)27-10-3-11-28(13-12-27)32(30,31)19-8-6-18(22)7-9-19/h2,4-9,14-15H,3,10-13H2,1H3,(H,26,29). The Morgan fingerprint density at radius 2 is 1.72 bits per heavy atom. The number of rotatable bonds is 4. The highest BCUT2D eigenvalue weighted by molar-refractivity contribution is 7.89. The SMILES string of the molecule is CC(NC(=O)N1CCCN(S(=O)(=O)c2ccc(F)cc2)CC1)c1cccc(C(F)(F)F)c1. The molecule has 6 nitrogen and oxygen atoms in total. The number of hydrogen-bond acceptors (Lipinski definition) is 3. The average molecular weight is 473 g/mol. The third-order valence-corrected chi connectivity index (χ3v) is 7.16. The predicted molar refractivity (Wildman–Crippen MR) is 110 cm³/mol. The lowest BCUT2D eigenvalue weighted by Crippen LogP contribution is -2.43. The molecule has 0 spiro atoms. The van der Waals surface area contributed by atoms with Crippen LogP contribution in [-0.2, 0) is 16.2 Å². The Bertz CT molecular complexity index is 1060. The number of alkyl halides is 3. The van der Waals surface area contributed by atoms with Gasteiger partial charge in [-0.15, -0.1) is 0 Å². The van der Waals surface area contributed by atoms with Gasteiger partial charge in [-0.1, -0.05) is 12.1 Å².